The van der Waals surface area contributed by atoms with Crippen molar-refractivity contribution in [1.29, 1.82) is 0 Å². The van der Waals surface area contributed by atoms with E-state index in [0.717, 1.165) is 0 Å². The van der Waals surface area contributed by atoms with E-state index >= 15 is 0 Å². The molecule has 2 nitrogen and oxygen atoms in total. The third-order valence-corrected chi connectivity index (χ3v) is 6.53. The molecule has 0 saturated heterocycles. The van der Waals surface area contributed by atoms with Crippen LogP contribution in [-0.2, 0) is 9.47 Å². The van der Waals surface area contributed by atoms with E-state index in [4.69, 9.17) is 9.47 Å². The molecule has 2 heteroatoms. The first-order valence-electron chi connectivity index (χ1n) is 13.5. The molecule has 0 aliphatic carbocycles. The number of hydrogen-bond acceptors (Lipinski definition) is 2. The van der Waals surface area contributed by atoms with Crippen LogP contribution in [0.3, 0.4) is 0 Å². The summed E-state index contributed by atoms with van der Waals surface area (Å²) in [7, 11) is 3.60. The molecule has 0 spiro atoms. The Hall–Kier alpha value is -0.0800. The second-order valence-corrected chi connectivity index (χ2v) is 10.8. The van der Waals surface area contributed by atoms with Crippen LogP contribution in [0.1, 0.15) is 150 Å². The Labute approximate surface area is 191 Å². The molecule has 0 aromatic rings. The summed E-state index contributed by atoms with van der Waals surface area (Å²) in [5.41, 5.74) is 0.511. The van der Waals surface area contributed by atoms with Gasteiger partial charge in [0.2, 0.25) is 0 Å². The highest BCUT2D eigenvalue weighted by Crippen LogP contribution is 2.25. The molecule has 0 aliphatic rings. The van der Waals surface area contributed by atoms with Crippen molar-refractivity contribution in [2.75, 3.05) is 14.2 Å². The van der Waals surface area contributed by atoms with Crippen LogP contribution in [0, 0.1) is 11.3 Å². The summed E-state index contributed by atoms with van der Waals surface area (Å²) in [6, 6.07) is 0. The molecule has 1 atom stereocenters. The van der Waals surface area contributed by atoms with Gasteiger partial charge in [0, 0.05) is 20.1 Å². The van der Waals surface area contributed by atoms with Gasteiger partial charge in [-0.15, -0.1) is 0 Å². The Balaban J connectivity index is 3.72. The summed E-state index contributed by atoms with van der Waals surface area (Å²) in [4.78, 5) is 0. The Morgan fingerprint density at radius 3 is 1.27 bits per heavy atom. The average Bonchev–Trinajstić information content (AvgIpc) is 2.70. The minimum absolute atomic E-state index is 0.0156. The third-order valence-electron chi connectivity index (χ3n) is 6.53. The number of hydrogen-bond donors (Lipinski definition) is 0. The van der Waals surface area contributed by atoms with Gasteiger partial charge in [0.15, 0.2) is 6.29 Å². The van der Waals surface area contributed by atoms with Gasteiger partial charge in [-0.1, -0.05) is 130 Å². The zero-order valence-corrected chi connectivity index (χ0v) is 21.9. The fourth-order valence-electron chi connectivity index (χ4n) is 4.56. The van der Waals surface area contributed by atoms with Crippen LogP contribution in [0.25, 0.3) is 0 Å². The fraction of sp³-hybridized carbons (Fsp3) is 1.00. The molecule has 0 aromatic heterocycles. The number of methoxy groups -OCH3 is 2. The van der Waals surface area contributed by atoms with Crippen molar-refractivity contribution >= 4 is 0 Å². The third kappa shape index (κ3) is 19.9. The van der Waals surface area contributed by atoms with Crippen LogP contribution < -0.4 is 0 Å². The van der Waals surface area contributed by atoms with E-state index in [1.807, 2.05) is 0 Å². The van der Waals surface area contributed by atoms with Gasteiger partial charge in [-0.25, -0.2) is 0 Å². The van der Waals surface area contributed by atoms with Crippen molar-refractivity contribution in [3.63, 3.8) is 0 Å². The lowest BCUT2D eigenvalue weighted by Crippen LogP contribution is -2.25. The second kappa shape index (κ2) is 20.8. The Morgan fingerprint density at radius 1 is 0.533 bits per heavy atom. The number of unbranched alkanes of at least 4 members (excludes halogenated alkanes) is 14. The summed E-state index contributed by atoms with van der Waals surface area (Å²) in [6.07, 6.45) is 26.2. The predicted molar refractivity (Wildman–Crippen MR) is 134 cm³/mol. The molecule has 0 saturated carbocycles. The Kier molecular flexibility index (Phi) is 20.7. The van der Waals surface area contributed by atoms with Gasteiger partial charge in [0.25, 0.3) is 0 Å². The van der Waals surface area contributed by atoms with Gasteiger partial charge in [0.1, 0.15) is 0 Å². The lowest BCUT2D eigenvalue weighted by Gasteiger charge is -2.25. The molecule has 0 bridgehead atoms. The van der Waals surface area contributed by atoms with E-state index in [1.165, 1.54) is 122 Å². The molecule has 0 radical (unpaired) electrons. The zero-order chi connectivity index (χ0) is 22.5. The van der Waals surface area contributed by atoms with Crippen molar-refractivity contribution < 1.29 is 9.47 Å². The van der Waals surface area contributed by atoms with Crippen LogP contribution in [-0.4, -0.2) is 20.5 Å². The first-order chi connectivity index (χ1) is 14.4. The maximum absolute atomic E-state index is 5.61. The highest BCUT2D eigenvalue weighted by atomic mass is 16.7. The summed E-state index contributed by atoms with van der Waals surface area (Å²) >= 11 is 0. The Bertz CT molecular complexity index is 330. The molecular weight excluding hydrogens is 368 g/mol. The average molecular weight is 427 g/mol. The smallest absolute Gasteiger partial charge is 0.159 e. The van der Waals surface area contributed by atoms with Gasteiger partial charge in [-0.3, -0.25) is 0 Å². The molecule has 0 fully saturated rings. The van der Waals surface area contributed by atoms with Crippen molar-refractivity contribution in [2.45, 2.75) is 156 Å². The van der Waals surface area contributed by atoms with Crippen LogP contribution in [0.5, 0.6) is 0 Å². The molecule has 30 heavy (non-hydrogen) atoms. The molecule has 0 heterocycles. The summed E-state index contributed by atoms with van der Waals surface area (Å²) in [6.45, 7) is 9.35. The SMILES string of the molecule is CCCCCCCCCC(CCCCCCCCCCCC(C)(C)C)C(OC)OC. The van der Waals surface area contributed by atoms with Crippen molar-refractivity contribution in [3.8, 4) is 0 Å². The lowest BCUT2D eigenvalue weighted by molar-refractivity contribution is -0.140. The molecule has 0 amide bonds. The van der Waals surface area contributed by atoms with E-state index < -0.39 is 0 Å². The number of ether oxygens (including phenoxy) is 2. The standard InChI is InChI=1S/C28H58O2/c1-7-8-9-10-14-17-20-23-26(27(29-5)30-6)24-21-18-15-12-11-13-16-19-22-25-28(2,3)4/h26-27H,7-25H2,1-6H3. The van der Waals surface area contributed by atoms with Crippen LogP contribution in [0.2, 0.25) is 0 Å². The number of rotatable bonds is 22. The predicted octanol–water partition coefficient (Wildman–Crippen LogP) is 9.70. The van der Waals surface area contributed by atoms with Crippen LogP contribution in [0.15, 0.2) is 0 Å². The first kappa shape index (κ1) is 29.9. The monoisotopic (exact) mass is 426 g/mol. The minimum Gasteiger partial charge on any atom is -0.356 e. The molecule has 0 N–H and O–H groups in total. The van der Waals surface area contributed by atoms with Crippen molar-refractivity contribution in [2.24, 2.45) is 11.3 Å². The largest absolute Gasteiger partial charge is 0.356 e. The Morgan fingerprint density at radius 2 is 0.900 bits per heavy atom. The van der Waals surface area contributed by atoms with Crippen molar-refractivity contribution in [1.82, 2.24) is 0 Å². The summed E-state index contributed by atoms with van der Waals surface area (Å²) in [5.74, 6) is 0.568. The van der Waals surface area contributed by atoms with Crippen molar-refractivity contribution in [3.05, 3.63) is 0 Å². The van der Waals surface area contributed by atoms with Gasteiger partial charge < -0.3 is 9.47 Å². The molecule has 0 aromatic carbocycles. The van der Waals surface area contributed by atoms with Gasteiger partial charge >= 0.3 is 0 Å². The fourth-order valence-corrected chi connectivity index (χ4v) is 4.56. The molecule has 0 aliphatic heterocycles. The van der Waals surface area contributed by atoms with E-state index in [0.29, 0.717) is 11.3 Å². The quantitative estimate of drug-likeness (QED) is 0.127. The van der Waals surface area contributed by atoms with E-state index in [-0.39, 0.29) is 6.29 Å². The zero-order valence-electron chi connectivity index (χ0n) is 21.9. The highest BCUT2D eigenvalue weighted by molar-refractivity contribution is 4.65. The molecule has 1 unspecified atom stereocenters. The van der Waals surface area contributed by atoms with Gasteiger partial charge in [-0.05, 0) is 24.7 Å². The summed E-state index contributed by atoms with van der Waals surface area (Å²) in [5, 5.41) is 0. The maximum atomic E-state index is 5.61. The normalized spacial score (nSPS) is 13.3. The van der Waals surface area contributed by atoms with Gasteiger partial charge in [0.05, 0.1) is 0 Å². The van der Waals surface area contributed by atoms with Crippen LogP contribution >= 0.6 is 0 Å². The first-order valence-corrected chi connectivity index (χ1v) is 13.5. The minimum atomic E-state index is -0.0156. The lowest BCUT2D eigenvalue weighted by atomic mass is 9.89. The second-order valence-electron chi connectivity index (χ2n) is 10.8. The molecule has 182 valence electrons. The highest BCUT2D eigenvalue weighted by Gasteiger charge is 2.20. The van der Waals surface area contributed by atoms with E-state index in [2.05, 4.69) is 27.7 Å². The van der Waals surface area contributed by atoms with E-state index in [1.54, 1.807) is 14.2 Å². The topological polar surface area (TPSA) is 18.5 Å². The molecule has 0 rings (SSSR count). The summed E-state index contributed by atoms with van der Waals surface area (Å²) < 4.78 is 11.2. The van der Waals surface area contributed by atoms with Crippen LogP contribution in [0.4, 0.5) is 0 Å². The van der Waals surface area contributed by atoms with E-state index in [9.17, 15) is 0 Å². The maximum Gasteiger partial charge on any atom is 0.159 e. The van der Waals surface area contributed by atoms with Gasteiger partial charge in [-0.2, -0.15) is 0 Å². The molecular formula is C28H58O2.